The highest BCUT2D eigenvalue weighted by Crippen LogP contribution is 2.29. The molecule has 0 bridgehead atoms. The van der Waals surface area contributed by atoms with Gasteiger partial charge in [-0.2, -0.15) is 4.31 Å². The molecule has 7 nitrogen and oxygen atoms in total. The Balaban J connectivity index is 1.95. The number of benzene rings is 1. The Morgan fingerprint density at radius 1 is 1.14 bits per heavy atom. The maximum absolute atomic E-state index is 13.1. The summed E-state index contributed by atoms with van der Waals surface area (Å²) in [7, 11) is -3.66. The number of morpholine rings is 1. The van der Waals surface area contributed by atoms with Gasteiger partial charge in [-0.1, -0.05) is 20.3 Å². The number of nitrogens with zero attached hydrogens (tertiary/aromatic N) is 2. The Bertz CT molecular complexity index is 795. The van der Waals surface area contributed by atoms with Crippen LogP contribution in [0.2, 0.25) is 0 Å². The van der Waals surface area contributed by atoms with Crippen LogP contribution >= 0.6 is 0 Å². The predicted octanol–water partition coefficient (Wildman–Crippen LogP) is 3.04. The van der Waals surface area contributed by atoms with E-state index < -0.39 is 16.0 Å². The van der Waals surface area contributed by atoms with Gasteiger partial charge < -0.3 is 14.4 Å². The van der Waals surface area contributed by atoms with Crippen LogP contribution in [0.25, 0.3) is 0 Å². The minimum absolute atomic E-state index is 0.0863. The van der Waals surface area contributed by atoms with Gasteiger partial charge in [0.1, 0.15) is 6.10 Å². The topological polar surface area (TPSA) is 76.2 Å². The number of ether oxygens (including phenoxy) is 2. The second kappa shape index (κ2) is 9.91. The van der Waals surface area contributed by atoms with Gasteiger partial charge in [-0.15, -0.1) is 0 Å². The number of rotatable bonds is 7. The van der Waals surface area contributed by atoms with Gasteiger partial charge in [0.25, 0.3) is 0 Å². The molecule has 3 rings (SSSR count). The summed E-state index contributed by atoms with van der Waals surface area (Å²) in [5, 5.41) is 0. The van der Waals surface area contributed by atoms with E-state index in [2.05, 4.69) is 4.90 Å². The van der Waals surface area contributed by atoms with E-state index in [0.29, 0.717) is 50.6 Å². The van der Waals surface area contributed by atoms with Gasteiger partial charge in [0, 0.05) is 26.2 Å². The van der Waals surface area contributed by atoms with Crippen molar-refractivity contribution >= 4 is 21.7 Å². The highest BCUT2D eigenvalue weighted by Gasteiger charge is 2.28. The summed E-state index contributed by atoms with van der Waals surface area (Å²) in [6, 6.07) is 4.82. The fourth-order valence-corrected chi connectivity index (χ4v) is 5.51. The second-order valence-corrected chi connectivity index (χ2v) is 9.47. The summed E-state index contributed by atoms with van der Waals surface area (Å²) in [5.41, 5.74) is 1.04. The quantitative estimate of drug-likeness (QED) is 0.626. The summed E-state index contributed by atoms with van der Waals surface area (Å²) < 4.78 is 38.6. The zero-order valence-electron chi connectivity index (χ0n) is 17.4. The molecule has 29 heavy (non-hydrogen) atoms. The molecule has 1 heterocycles. The van der Waals surface area contributed by atoms with Crippen molar-refractivity contribution < 1.29 is 22.7 Å². The highest BCUT2D eigenvalue weighted by atomic mass is 32.2. The first-order valence-electron chi connectivity index (χ1n) is 10.6. The summed E-state index contributed by atoms with van der Waals surface area (Å²) >= 11 is 0. The molecule has 0 aromatic heterocycles. The molecule has 0 spiro atoms. The van der Waals surface area contributed by atoms with Gasteiger partial charge in [0.15, 0.2) is 0 Å². The van der Waals surface area contributed by atoms with E-state index >= 15 is 0 Å². The first-order chi connectivity index (χ1) is 14.0. The largest absolute Gasteiger partial charge is 0.459 e. The lowest BCUT2D eigenvalue weighted by Gasteiger charge is -2.31. The van der Waals surface area contributed by atoms with Gasteiger partial charge in [-0.05, 0) is 43.9 Å². The molecule has 0 N–H and O–H groups in total. The zero-order valence-corrected chi connectivity index (χ0v) is 18.2. The van der Waals surface area contributed by atoms with E-state index in [1.807, 2.05) is 0 Å². The van der Waals surface area contributed by atoms with Crippen molar-refractivity contribution in [2.75, 3.05) is 44.3 Å². The van der Waals surface area contributed by atoms with E-state index in [-0.39, 0.29) is 11.0 Å². The van der Waals surface area contributed by atoms with E-state index in [1.54, 1.807) is 26.0 Å². The normalized spacial score (nSPS) is 18.8. The average molecular weight is 425 g/mol. The van der Waals surface area contributed by atoms with Crippen LogP contribution in [0.15, 0.2) is 23.1 Å². The van der Waals surface area contributed by atoms with Crippen molar-refractivity contribution in [3.05, 3.63) is 23.8 Å². The highest BCUT2D eigenvalue weighted by molar-refractivity contribution is 7.89. The van der Waals surface area contributed by atoms with E-state index in [9.17, 15) is 13.2 Å². The minimum Gasteiger partial charge on any atom is -0.459 e. The van der Waals surface area contributed by atoms with Crippen LogP contribution < -0.4 is 4.90 Å². The molecule has 1 aliphatic carbocycles. The summed E-state index contributed by atoms with van der Waals surface area (Å²) in [4.78, 5) is 15.3. The number of hydrogen-bond acceptors (Lipinski definition) is 6. The zero-order chi connectivity index (χ0) is 20.9. The Morgan fingerprint density at radius 2 is 1.79 bits per heavy atom. The number of carbonyl (C=O) groups excluding carboxylic acids is 1. The van der Waals surface area contributed by atoms with Gasteiger partial charge in [0.05, 0.1) is 29.4 Å². The third-order valence-electron chi connectivity index (χ3n) is 5.71. The van der Waals surface area contributed by atoms with Crippen LogP contribution in [-0.2, 0) is 19.5 Å². The van der Waals surface area contributed by atoms with Crippen molar-refractivity contribution in [3.8, 4) is 0 Å². The summed E-state index contributed by atoms with van der Waals surface area (Å²) in [5.74, 6) is -0.435. The van der Waals surface area contributed by atoms with Gasteiger partial charge in [-0.25, -0.2) is 13.2 Å². The maximum atomic E-state index is 13.1. The molecule has 0 atom stereocenters. The smallest absolute Gasteiger partial charge is 0.340 e. The average Bonchev–Trinajstić information content (AvgIpc) is 2.75. The maximum Gasteiger partial charge on any atom is 0.340 e. The Kier molecular flexibility index (Phi) is 7.54. The second-order valence-electron chi connectivity index (χ2n) is 7.53. The number of sulfonamides is 1. The van der Waals surface area contributed by atoms with Crippen LogP contribution in [0.4, 0.5) is 5.69 Å². The van der Waals surface area contributed by atoms with Gasteiger partial charge in [-0.3, -0.25) is 0 Å². The third kappa shape index (κ3) is 5.10. The van der Waals surface area contributed by atoms with E-state index in [4.69, 9.17) is 9.47 Å². The number of hydrogen-bond donors (Lipinski definition) is 0. The molecule has 0 amide bonds. The molecular weight excluding hydrogens is 392 g/mol. The van der Waals surface area contributed by atoms with Crippen LogP contribution in [0.5, 0.6) is 0 Å². The Hall–Kier alpha value is -1.64. The Labute approximate surface area is 174 Å². The molecule has 2 aliphatic rings. The molecule has 0 radical (unpaired) electrons. The Morgan fingerprint density at radius 3 is 2.41 bits per heavy atom. The number of carbonyl (C=O) groups is 1. The number of anilines is 1. The monoisotopic (exact) mass is 424 g/mol. The molecule has 8 heteroatoms. The minimum atomic E-state index is -3.66. The van der Waals surface area contributed by atoms with Crippen LogP contribution in [-0.4, -0.2) is 64.2 Å². The predicted molar refractivity (Wildman–Crippen MR) is 112 cm³/mol. The standard InChI is InChI=1S/C21H32N2O5S/c1-3-23(4-2)29(25,26)18-10-11-20(22-12-14-27-15-13-22)19(16-18)21(24)28-17-8-6-5-7-9-17/h10-11,16-17H,3-9,12-15H2,1-2H3. The van der Waals surface area contributed by atoms with E-state index in [1.165, 1.54) is 16.8 Å². The van der Waals surface area contributed by atoms with Gasteiger partial charge >= 0.3 is 5.97 Å². The molecule has 1 saturated heterocycles. The summed E-state index contributed by atoms with van der Waals surface area (Å²) in [6.07, 6.45) is 4.95. The first kappa shape index (κ1) is 22.1. The molecule has 0 unspecified atom stereocenters. The lowest BCUT2D eigenvalue weighted by atomic mass is 9.98. The first-order valence-corrected chi connectivity index (χ1v) is 12.1. The van der Waals surface area contributed by atoms with Crippen molar-refractivity contribution in [1.29, 1.82) is 0 Å². The van der Waals surface area contributed by atoms with Crippen molar-refractivity contribution in [2.24, 2.45) is 0 Å². The SMILES string of the molecule is CCN(CC)S(=O)(=O)c1ccc(N2CCOCC2)c(C(=O)OC2CCCCC2)c1. The van der Waals surface area contributed by atoms with Crippen molar-refractivity contribution in [1.82, 2.24) is 4.31 Å². The fraction of sp³-hybridized carbons (Fsp3) is 0.667. The van der Waals surface area contributed by atoms with Gasteiger partial charge in [0.2, 0.25) is 10.0 Å². The summed E-state index contributed by atoms with van der Waals surface area (Å²) in [6.45, 7) is 6.85. The molecule has 2 fully saturated rings. The van der Waals surface area contributed by atoms with Crippen LogP contribution in [0.3, 0.4) is 0 Å². The van der Waals surface area contributed by atoms with E-state index in [0.717, 1.165) is 25.7 Å². The molecule has 1 aromatic rings. The molecular formula is C21H32N2O5S. The third-order valence-corrected chi connectivity index (χ3v) is 7.75. The molecule has 1 aromatic carbocycles. The fourth-order valence-electron chi connectivity index (χ4n) is 4.03. The number of esters is 1. The molecule has 1 saturated carbocycles. The van der Waals surface area contributed by atoms with Crippen molar-refractivity contribution in [3.63, 3.8) is 0 Å². The van der Waals surface area contributed by atoms with Crippen LogP contribution in [0, 0.1) is 0 Å². The van der Waals surface area contributed by atoms with Crippen LogP contribution in [0.1, 0.15) is 56.3 Å². The van der Waals surface area contributed by atoms with Crippen molar-refractivity contribution in [2.45, 2.75) is 57.0 Å². The lowest BCUT2D eigenvalue weighted by molar-refractivity contribution is 0.0211. The molecule has 162 valence electrons. The molecule has 1 aliphatic heterocycles. The lowest BCUT2D eigenvalue weighted by Crippen LogP contribution is -2.37.